The lowest BCUT2D eigenvalue weighted by Gasteiger charge is -2.06. The number of aromatic nitrogens is 2. The number of halogens is 1. The lowest BCUT2D eigenvalue weighted by molar-refractivity contribution is -0.115. The predicted octanol–water partition coefficient (Wildman–Crippen LogP) is 2.69. The summed E-state index contributed by atoms with van der Waals surface area (Å²) in [4.78, 5) is 28.5. The van der Waals surface area contributed by atoms with Gasteiger partial charge in [-0.05, 0) is 29.8 Å². The van der Waals surface area contributed by atoms with Gasteiger partial charge in [0.1, 0.15) is 0 Å². The fourth-order valence-corrected chi connectivity index (χ4v) is 2.33. The van der Waals surface area contributed by atoms with Crippen molar-refractivity contribution < 1.29 is 4.79 Å². The van der Waals surface area contributed by atoms with E-state index in [2.05, 4.69) is 15.3 Å². The monoisotopic (exact) mass is 301 g/mol. The van der Waals surface area contributed by atoms with Gasteiger partial charge in [-0.15, -0.1) is 0 Å². The number of hydrogen-bond donors (Lipinski definition) is 3. The average Bonchev–Trinajstić information content (AvgIpc) is 2.80. The van der Waals surface area contributed by atoms with E-state index < -0.39 is 0 Å². The summed E-state index contributed by atoms with van der Waals surface area (Å²) in [7, 11) is 0. The van der Waals surface area contributed by atoms with E-state index in [0.29, 0.717) is 21.7 Å². The van der Waals surface area contributed by atoms with Gasteiger partial charge in [0.05, 0.1) is 17.5 Å². The molecule has 0 fully saturated rings. The maximum Gasteiger partial charge on any atom is 0.323 e. The molecule has 6 heteroatoms. The second-order valence-corrected chi connectivity index (χ2v) is 5.06. The molecule has 5 nitrogen and oxygen atoms in total. The van der Waals surface area contributed by atoms with Gasteiger partial charge in [-0.25, -0.2) is 4.79 Å². The zero-order chi connectivity index (χ0) is 14.8. The Bertz CT molecular complexity index is 866. The number of H-pyrrole nitrogens is 2. The molecule has 0 aliphatic heterocycles. The van der Waals surface area contributed by atoms with Crippen LogP contribution in [0.25, 0.3) is 11.0 Å². The van der Waals surface area contributed by atoms with E-state index in [1.165, 1.54) is 0 Å². The number of nitrogens with one attached hydrogen (secondary N) is 3. The van der Waals surface area contributed by atoms with Crippen molar-refractivity contribution in [2.24, 2.45) is 0 Å². The average molecular weight is 302 g/mol. The number of hydrogen-bond acceptors (Lipinski definition) is 2. The molecule has 0 aliphatic carbocycles. The molecule has 21 heavy (non-hydrogen) atoms. The van der Waals surface area contributed by atoms with Crippen LogP contribution in [0.3, 0.4) is 0 Å². The molecule has 0 saturated carbocycles. The van der Waals surface area contributed by atoms with Gasteiger partial charge in [-0.2, -0.15) is 0 Å². The van der Waals surface area contributed by atoms with Crippen LogP contribution in [0.4, 0.5) is 5.69 Å². The van der Waals surface area contributed by atoms with E-state index in [-0.39, 0.29) is 18.0 Å². The van der Waals surface area contributed by atoms with Gasteiger partial charge in [0.25, 0.3) is 0 Å². The highest BCUT2D eigenvalue weighted by atomic mass is 35.5. The first-order chi connectivity index (χ1) is 10.1. The lowest BCUT2D eigenvalue weighted by Crippen LogP contribution is -2.14. The molecule has 0 spiro atoms. The minimum atomic E-state index is -0.274. The third kappa shape index (κ3) is 2.98. The standard InChI is InChI=1S/C15H12ClN3O2/c16-11-4-2-1-3-9(11)7-14(20)17-10-5-6-12-13(8-10)19-15(21)18-12/h1-6,8H,7H2,(H,17,20)(H2,18,19,21). The van der Waals surface area contributed by atoms with Crippen molar-refractivity contribution in [1.82, 2.24) is 9.97 Å². The Labute approximate surface area is 125 Å². The van der Waals surface area contributed by atoms with Gasteiger partial charge in [0.15, 0.2) is 0 Å². The van der Waals surface area contributed by atoms with Gasteiger partial charge in [-0.1, -0.05) is 29.8 Å². The quantitative estimate of drug-likeness (QED) is 0.695. The normalized spacial score (nSPS) is 10.7. The molecule has 0 atom stereocenters. The van der Waals surface area contributed by atoms with Crippen molar-refractivity contribution in [3.05, 3.63) is 63.5 Å². The summed E-state index contributed by atoms with van der Waals surface area (Å²) in [6, 6.07) is 12.4. The zero-order valence-corrected chi connectivity index (χ0v) is 11.7. The molecule has 1 heterocycles. The molecule has 2 aromatic carbocycles. The Morgan fingerprint density at radius 2 is 1.86 bits per heavy atom. The second-order valence-electron chi connectivity index (χ2n) is 4.66. The number of rotatable bonds is 3. The van der Waals surface area contributed by atoms with Gasteiger partial charge < -0.3 is 15.3 Å². The van der Waals surface area contributed by atoms with Gasteiger partial charge in [0.2, 0.25) is 5.91 Å². The Morgan fingerprint density at radius 1 is 1.10 bits per heavy atom. The van der Waals surface area contributed by atoms with Gasteiger partial charge in [-0.3, -0.25) is 4.79 Å². The van der Waals surface area contributed by atoms with Crippen LogP contribution >= 0.6 is 11.6 Å². The van der Waals surface area contributed by atoms with E-state index in [4.69, 9.17) is 11.6 Å². The number of benzene rings is 2. The number of carbonyl (C=O) groups excluding carboxylic acids is 1. The molecular formula is C15H12ClN3O2. The number of carbonyl (C=O) groups is 1. The molecule has 3 aromatic rings. The number of amides is 1. The maximum absolute atomic E-state index is 12.0. The molecule has 0 bridgehead atoms. The summed E-state index contributed by atoms with van der Waals surface area (Å²) in [5.74, 6) is -0.166. The minimum absolute atomic E-state index is 0.166. The summed E-state index contributed by atoms with van der Waals surface area (Å²) in [5, 5.41) is 3.35. The summed E-state index contributed by atoms with van der Waals surface area (Å²) < 4.78 is 0. The SMILES string of the molecule is O=C(Cc1ccccc1Cl)Nc1ccc2[nH]c(=O)[nH]c2c1. The first kappa shape index (κ1) is 13.5. The fourth-order valence-electron chi connectivity index (χ4n) is 2.13. The molecule has 106 valence electrons. The Hall–Kier alpha value is -2.53. The highest BCUT2D eigenvalue weighted by Crippen LogP contribution is 2.18. The van der Waals surface area contributed by atoms with Crippen LogP contribution in [0.1, 0.15) is 5.56 Å². The lowest BCUT2D eigenvalue weighted by atomic mass is 10.1. The highest BCUT2D eigenvalue weighted by Gasteiger charge is 2.08. The van der Waals surface area contributed by atoms with Crippen LogP contribution in [0.15, 0.2) is 47.3 Å². The molecule has 1 aromatic heterocycles. The van der Waals surface area contributed by atoms with Crippen molar-refractivity contribution in [2.75, 3.05) is 5.32 Å². The molecule has 0 saturated heterocycles. The van der Waals surface area contributed by atoms with E-state index in [1.54, 1.807) is 24.3 Å². The fraction of sp³-hybridized carbons (Fsp3) is 0.0667. The smallest absolute Gasteiger partial charge is 0.323 e. The Balaban J connectivity index is 1.77. The maximum atomic E-state index is 12.0. The first-order valence-electron chi connectivity index (χ1n) is 6.37. The van der Waals surface area contributed by atoms with E-state index >= 15 is 0 Å². The summed E-state index contributed by atoms with van der Waals surface area (Å²) in [5.41, 5.74) is 2.46. The number of anilines is 1. The van der Waals surface area contributed by atoms with E-state index in [0.717, 1.165) is 5.56 Å². The molecule has 0 aliphatic rings. The zero-order valence-electron chi connectivity index (χ0n) is 10.9. The molecule has 0 radical (unpaired) electrons. The van der Waals surface area contributed by atoms with Crippen LogP contribution in [0.5, 0.6) is 0 Å². The van der Waals surface area contributed by atoms with Crippen LogP contribution in [0, 0.1) is 0 Å². The number of aromatic amines is 2. The van der Waals surface area contributed by atoms with Gasteiger partial charge in [0, 0.05) is 10.7 Å². The summed E-state index contributed by atoms with van der Waals surface area (Å²) >= 11 is 6.03. The van der Waals surface area contributed by atoms with Crippen LogP contribution in [-0.2, 0) is 11.2 Å². The molecule has 1 amide bonds. The van der Waals surface area contributed by atoms with Crippen molar-refractivity contribution in [2.45, 2.75) is 6.42 Å². The van der Waals surface area contributed by atoms with Crippen molar-refractivity contribution in [3.8, 4) is 0 Å². The Morgan fingerprint density at radius 3 is 2.67 bits per heavy atom. The predicted molar refractivity (Wildman–Crippen MR) is 82.7 cm³/mol. The minimum Gasteiger partial charge on any atom is -0.326 e. The van der Waals surface area contributed by atoms with Crippen molar-refractivity contribution in [3.63, 3.8) is 0 Å². The highest BCUT2D eigenvalue weighted by molar-refractivity contribution is 6.31. The Kier molecular flexibility index (Phi) is 3.50. The van der Waals surface area contributed by atoms with Crippen LogP contribution < -0.4 is 11.0 Å². The summed E-state index contributed by atoms with van der Waals surface area (Å²) in [6.45, 7) is 0. The largest absolute Gasteiger partial charge is 0.326 e. The third-order valence-corrected chi connectivity index (χ3v) is 3.48. The molecule has 3 rings (SSSR count). The van der Waals surface area contributed by atoms with Crippen LogP contribution in [0.2, 0.25) is 5.02 Å². The summed E-state index contributed by atoms with van der Waals surface area (Å²) in [6.07, 6.45) is 0.196. The molecule has 0 unspecified atom stereocenters. The third-order valence-electron chi connectivity index (χ3n) is 3.11. The van der Waals surface area contributed by atoms with Crippen molar-refractivity contribution >= 4 is 34.2 Å². The van der Waals surface area contributed by atoms with E-state index in [9.17, 15) is 9.59 Å². The second kappa shape index (κ2) is 5.46. The molecular weight excluding hydrogens is 290 g/mol. The van der Waals surface area contributed by atoms with Crippen LogP contribution in [-0.4, -0.2) is 15.9 Å². The number of fused-ring (bicyclic) bond motifs is 1. The van der Waals surface area contributed by atoms with Gasteiger partial charge >= 0.3 is 5.69 Å². The first-order valence-corrected chi connectivity index (χ1v) is 6.75. The molecule has 3 N–H and O–H groups in total. The number of imidazole rings is 1. The van der Waals surface area contributed by atoms with Crippen molar-refractivity contribution in [1.29, 1.82) is 0 Å². The topological polar surface area (TPSA) is 77.8 Å². The van der Waals surface area contributed by atoms with E-state index in [1.807, 2.05) is 18.2 Å².